The number of hydrogen-bond donors (Lipinski definition) is 3. The number of rotatable bonds is 5. The first kappa shape index (κ1) is 13.8. The quantitative estimate of drug-likeness (QED) is 0.736. The molecule has 0 aliphatic heterocycles. The van der Waals surface area contributed by atoms with Gasteiger partial charge in [-0.3, -0.25) is 0 Å². The Morgan fingerprint density at radius 1 is 1.26 bits per heavy atom. The number of thiazole rings is 1. The lowest BCUT2D eigenvalue weighted by Gasteiger charge is -1.99. The van der Waals surface area contributed by atoms with Gasteiger partial charge in [0.2, 0.25) is 0 Å². The van der Waals surface area contributed by atoms with Crippen LogP contribution in [-0.4, -0.2) is 22.2 Å². The van der Waals surface area contributed by atoms with Crippen LogP contribution in [0.1, 0.15) is 23.9 Å². The Morgan fingerprint density at radius 2 is 2.05 bits per heavy atom. The summed E-state index contributed by atoms with van der Waals surface area (Å²) in [6.07, 6.45) is 2.01. The van der Waals surface area contributed by atoms with E-state index in [1.54, 1.807) is 23.5 Å². The van der Waals surface area contributed by atoms with E-state index in [0.29, 0.717) is 0 Å². The SMILES string of the molecule is CCCc1nc(-c2ccc(O)c(O)c2)sc1CNC. The van der Waals surface area contributed by atoms with Crippen molar-refractivity contribution in [2.24, 2.45) is 0 Å². The molecule has 0 aliphatic carbocycles. The van der Waals surface area contributed by atoms with Crippen LogP contribution < -0.4 is 5.32 Å². The highest BCUT2D eigenvalue weighted by Crippen LogP contribution is 2.34. The third-order valence-electron chi connectivity index (χ3n) is 2.82. The van der Waals surface area contributed by atoms with Gasteiger partial charge in [0.15, 0.2) is 11.5 Å². The van der Waals surface area contributed by atoms with E-state index in [0.717, 1.165) is 35.7 Å². The summed E-state index contributed by atoms with van der Waals surface area (Å²) in [7, 11) is 1.92. The van der Waals surface area contributed by atoms with Crippen LogP contribution in [0.4, 0.5) is 0 Å². The summed E-state index contributed by atoms with van der Waals surface area (Å²) in [4.78, 5) is 5.87. The highest BCUT2D eigenvalue weighted by molar-refractivity contribution is 7.15. The maximum absolute atomic E-state index is 9.56. The van der Waals surface area contributed by atoms with Crippen molar-refractivity contribution >= 4 is 11.3 Å². The molecule has 1 aromatic heterocycles. The molecule has 19 heavy (non-hydrogen) atoms. The van der Waals surface area contributed by atoms with Crippen molar-refractivity contribution in [3.05, 3.63) is 28.8 Å². The standard InChI is InChI=1S/C14H18N2O2S/c1-3-4-10-13(8-15-2)19-14(16-10)9-5-6-11(17)12(18)7-9/h5-7,15,17-18H,3-4,8H2,1-2H3. The number of hydrogen-bond acceptors (Lipinski definition) is 5. The summed E-state index contributed by atoms with van der Waals surface area (Å²) in [6.45, 7) is 2.94. The minimum Gasteiger partial charge on any atom is -0.504 e. The van der Waals surface area contributed by atoms with E-state index in [1.807, 2.05) is 7.05 Å². The molecule has 2 rings (SSSR count). The van der Waals surface area contributed by atoms with Gasteiger partial charge in [-0.15, -0.1) is 11.3 Å². The summed E-state index contributed by atoms with van der Waals surface area (Å²) in [5, 5.41) is 22.9. The molecule has 102 valence electrons. The molecule has 0 aliphatic rings. The number of nitrogens with zero attached hydrogens (tertiary/aromatic N) is 1. The Balaban J connectivity index is 2.38. The maximum atomic E-state index is 9.56. The molecule has 0 atom stereocenters. The Kier molecular flexibility index (Phi) is 4.39. The van der Waals surface area contributed by atoms with E-state index in [1.165, 1.54) is 10.9 Å². The molecule has 0 saturated heterocycles. The Labute approximate surface area is 116 Å². The van der Waals surface area contributed by atoms with Crippen LogP contribution in [0.5, 0.6) is 11.5 Å². The van der Waals surface area contributed by atoms with Crippen molar-refractivity contribution in [3.8, 4) is 22.1 Å². The van der Waals surface area contributed by atoms with Crippen LogP contribution in [0.15, 0.2) is 18.2 Å². The maximum Gasteiger partial charge on any atom is 0.158 e. The second-order valence-electron chi connectivity index (χ2n) is 4.37. The largest absolute Gasteiger partial charge is 0.504 e. The van der Waals surface area contributed by atoms with E-state index in [2.05, 4.69) is 17.2 Å². The zero-order chi connectivity index (χ0) is 13.8. The van der Waals surface area contributed by atoms with Gasteiger partial charge in [-0.25, -0.2) is 4.98 Å². The number of aromatic nitrogens is 1. The van der Waals surface area contributed by atoms with E-state index in [-0.39, 0.29) is 11.5 Å². The average molecular weight is 278 g/mol. The molecular weight excluding hydrogens is 260 g/mol. The lowest BCUT2D eigenvalue weighted by Crippen LogP contribution is -2.05. The molecule has 4 nitrogen and oxygen atoms in total. The van der Waals surface area contributed by atoms with E-state index >= 15 is 0 Å². The Morgan fingerprint density at radius 3 is 2.68 bits per heavy atom. The van der Waals surface area contributed by atoms with Crippen molar-refractivity contribution in [2.45, 2.75) is 26.3 Å². The second kappa shape index (κ2) is 6.04. The predicted molar refractivity (Wildman–Crippen MR) is 77.6 cm³/mol. The first-order valence-corrected chi connectivity index (χ1v) is 7.12. The highest BCUT2D eigenvalue weighted by Gasteiger charge is 2.12. The first-order valence-electron chi connectivity index (χ1n) is 6.31. The fourth-order valence-electron chi connectivity index (χ4n) is 1.89. The van der Waals surface area contributed by atoms with E-state index in [9.17, 15) is 10.2 Å². The van der Waals surface area contributed by atoms with Gasteiger partial charge in [-0.1, -0.05) is 13.3 Å². The van der Waals surface area contributed by atoms with Crippen LogP contribution in [0.2, 0.25) is 0 Å². The normalized spacial score (nSPS) is 10.8. The molecule has 0 bridgehead atoms. The number of benzene rings is 1. The molecule has 3 N–H and O–H groups in total. The van der Waals surface area contributed by atoms with Crippen molar-refractivity contribution < 1.29 is 10.2 Å². The van der Waals surface area contributed by atoms with Gasteiger partial charge in [-0.05, 0) is 31.7 Å². The minimum absolute atomic E-state index is 0.107. The molecule has 2 aromatic rings. The number of aryl methyl sites for hydroxylation is 1. The fourth-order valence-corrected chi connectivity index (χ4v) is 3.01. The van der Waals surface area contributed by atoms with Gasteiger partial charge >= 0.3 is 0 Å². The number of phenolic OH excluding ortho intramolecular Hbond substituents is 2. The molecular formula is C14H18N2O2S. The van der Waals surface area contributed by atoms with Crippen molar-refractivity contribution in [3.63, 3.8) is 0 Å². The van der Waals surface area contributed by atoms with Crippen LogP contribution >= 0.6 is 11.3 Å². The minimum atomic E-state index is -0.111. The molecule has 0 unspecified atom stereocenters. The summed E-state index contributed by atoms with van der Waals surface area (Å²) in [5.74, 6) is -0.218. The van der Waals surface area contributed by atoms with Crippen LogP contribution in [0.25, 0.3) is 10.6 Å². The van der Waals surface area contributed by atoms with Crippen molar-refractivity contribution in [2.75, 3.05) is 7.05 Å². The molecule has 0 spiro atoms. The third kappa shape index (κ3) is 3.05. The Bertz CT molecular complexity index is 543. The van der Waals surface area contributed by atoms with Gasteiger partial charge < -0.3 is 15.5 Å². The van der Waals surface area contributed by atoms with Gasteiger partial charge in [0.25, 0.3) is 0 Å². The topological polar surface area (TPSA) is 65.4 Å². The van der Waals surface area contributed by atoms with Crippen molar-refractivity contribution in [1.29, 1.82) is 0 Å². The molecule has 0 radical (unpaired) electrons. The number of aromatic hydroxyl groups is 2. The summed E-state index contributed by atoms with van der Waals surface area (Å²) in [6, 6.07) is 4.81. The van der Waals surface area contributed by atoms with Crippen LogP contribution in [-0.2, 0) is 13.0 Å². The second-order valence-corrected chi connectivity index (χ2v) is 5.46. The fraction of sp³-hybridized carbons (Fsp3) is 0.357. The van der Waals surface area contributed by atoms with E-state index in [4.69, 9.17) is 0 Å². The monoisotopic (exact) mass is 278 g/mol. The van der Waals surface area contributed by atoms with Gasteiger partial charge in [0, 0.05) is 17.0 Å². The smallest absolute Gasteiger partial charge is 0.158 e. The lowest BCUT2D eigenvalue weighted by molar-refractivity contribution is 0.404. The summed E-state index contributed by atoms with van der Waals surface area (Å²) >= 11 is 1.63. The molecule has 1 aromatic carbocycles. The zero-order valence-corrected chi connectivity index (χ0v) is 11.9. The van der Waals surface area contributed by atoms with Crippen LogP contribution in [0, 0.1) is 0 Å². The summed E-state index contributed by atoms with van der Waals surface area (Å²) < 4.78 is 0. The third-order valence-corrected chi connectivity index (χ3v) is 3.97. The predicted octanol–water partition coefficient (Wildman–Crippen LogP) is 2.89. The number of nitrogens with one attached hydrogen (secondary N) is 1. The van der Waals surface area contributed by atoms with Gasteiger partial charge in [0.05, 0.1) is 5.69 Å². The highest BCUT2D eigenvalue weighted by atomic mass is 32.1. The molecule has 0 saturated carbocycles. The molecule has 1 heterocycles. The zero-order valence-electron chi connectivity index (χ0n) is 11.1. The van der Waals surface area contributed by atoms with Gasteiger partial charge in [0.1, 0.15) is 5.01 Å². The average Bonchev–Trinajstić information content (AvgIpc) is 2.77. The molecule has 0 fully saturated rings. The molecule has 5 heteroatoms. The lowest BCUT2D eigenvalue weighted by atomic mass is 10.2. The van der Waals surface area contributed by atoms with E-state index < -0.39 is 0 Å². The summed E-state index contributed by atoms with van der Waals surface area (Å²) in [5.41, 5.74) is 1.95. The van der Waals surface area contributed by atoms with Crippen LogP contribution in [0.3, 0.4) is 0 Å². The van der Waals surface area contributed by atoms with Crippen molar-refractivity contribution in [1.82, 2.24) is 10.3 Å². The van der Waals surface area contributed by atoms with Gasteiger partial charge in [-0.2, -0.15) is 0 Å². The number of phenols is 2. The first-order chi connectivity index (χ1) is 9.15. The molecule has 0 amide bonds. The Hall–Kier alpha value is -1.59.